The van der Waals surface area contributed by atoms with Crippen LogP contribution in [0.5, 0.6) is 0 Å². The largest absolute Gasteiger partial charge is 0.394 e. The minimum Gasteiger partial charge on any atom is -0.394 e. The molecule has 1 aromatic carbocycles. The molecule has 40 heavy (non-hydrogen) atoms. The van der Waals surface area contributed by atoms with E-state index in [0.29, 0.717) is 26.1 Å². The normalized spacial score (nSPS) is 32.8. The fraction of sp³-hybridized carbons (Fsp3) is 0.594. The number of rotatable bonds is 6. The van der Waals surface area contributed by atoms with Crippen LogP contribution in [0.4, 0.5) is 0 Å². The molecule has 0 saturated carbocycles. The van der Waals surface area contributed by atoms with Crippen molar-refractivity contribution in [1.82, 2.24) is 14.7 Å². The van der Waals surface area contributed by atoms with Crippen LogP contribution in [0.15, 0.2) is 54.6 Å². The van der Waals surface area contributed by atoms with Gasteiger partial charge in [-0.05, 0) is 38.7 Å². The summed E-state index contributed by atoms with van der Waals surface area (Å²) in [5.41, 5.74) is -1.85. The molecule has 1 aromatic rings. The Kier molecular flexibility index (Phi) is 7.24. The molecule has 8 nitrogen and oxygen atoms in total. The molecule has 0 bridgehead atoms. The Morgan fingerprint density at radius 1 is 0.975 bits per heavy atom. The molecule has 0 aromatic heterocycles. The number of aliphatic hydroxyl groups excluding tert-OH is 1. The molecule has 3 amide bonds. The predicted octanol–water partition coefficient (Wildman–Crippen LogP) is 3.16. The Morgan fingerprint density at radius 3 is 2.25 bits per heavy atom. The van der Waals surface area contributed by atoms with Crippen molar-refractivity contribution >= 4 is 17.7 Å². The van der Waals surface area contributed by atoms with Gasteiger partial charge in [-0.15, -0.1) is 0 Å². The average Bonchev–Trinajstić information content (AvgIpc) is 3.19. The van der Waals surface area contributed by atoms with Crippen LogP contribution in [0.25, 0.3) is 0 Å². The third-order valence-electron chi connectivity index (χ3n) is 9.30. The fourth-order valence-corrected chi connectivity index (χ4v) is 7.28. The van der Waals surface area contributed by atoms with Crippen LogP contribution in [0.3, 0.4) is 0 Å². The number of carbonyl (C=O) groups excluding carboxylic acids is 3. The summed E-state index contributed by atoms with van der Waals surface area (Å²) in [6.07, 6.45) is 8.21. The second-order valence-corrected chi connectivity index (χ2v) is 13.0. The van der Waals surface area contributed by atoms with Crippen molar-refractivity contribution in [2.75, 3.05) is 19.7 Å². The molecule has 8 heteroatoms. The predicted molar refractivity (Wildman–Crippen MR) is 152 cm³/mol. The summed E-state index contributed by atoms with van der Waals surface area (Å²) >= 11 is 0. The van der Waals surface area contributed by atoms with Crippen molar-refractivity contribution in [3.63, 3.8) is 0 Å². The second kappa shape index (κ2) is 10.1. The molecule has 6 atom stereocenters. The molecule has 1 unspecified atom stereocenters. The maximum absolute atomic E-state index is 14.6. The zero-order valence-corrected chi connectivity index (χ0v) is 24.5. The summed E-state index contributed by atoms with van der Waals surface area (Å²) in [7, 11) is 0. The Labute approximate surface area is 237 Å². The highest BCUT2D eigenvalue weighted by molar-refractivity contribution is 6.00. The van der Waals surface area contributed by atoms with E-state index >= 15 is 0 Å². The van der Waals surface area contributed by atoms with E-state index in [0.717, 1.165) is 5.56 Å². The topological polar surface area (TPSA) is 90.4 Å². The van der Waals surface area contributed by atoms with Crippen LogP contribution in [0, 0.1) is 17.8 Å². The number of aliphatic hydroxyl groups is 1. The number of carbonyl (C=O) groups is 3. The third kappa shape index (κ3) is 4.22. The van der Waals surface area contributed by atoms with Gasteiger partial charge in [0.2, 0.25) is 17.7 Å². The summed E-state index contributed by atoms with van der Waals surface area (Å²) < 4.78 is 7.04. The fourth-order valence-electron chi connectivity index (χ4n) is 7.28. The lowest BCUT2D eigenvalue weighted by Gasteiger charge is -2.44. The molecular weight excluding hydrogens is 506 g/mol. The first kappa shape index (κ1) is 28.6. The number of hydrogen-bond acceptors (Lipinski definition) is 5. The monoisotopic (exact) mass is 549 g/mol. The van der Waals surface area contributed by atoms with Gasteiger partial charge in [0.25, 0.3) is 0 Å². The number of hydrogen-bond donors (Lipinski definition) is 1. The Hall–Kier alpha value is -2.97. The van der Waals surface area contributed by atoms with Gasteiger partial charge in [-0.1, -0.05) is 75.4 Å². The Balaban J connectivity index is 1.67. The first-order valence-electron chi connectivity index (χ1n) is 14.5. The molecule has 2 saturated heterocycles. The molecule has 0 aliphatic carbocycles. The van der Waals surface area contributed by atoms with Crippen LogP contribution < -0.4 is 0 Å². The number of likely N-dealkylation sites (tertiary alicyclic amines) is 1. The molecule has 4 aliphatic rings. The molecule has 4 aliphatic heterocycles. The minimum atomic E-state index is -1.33. The van der Waals surface area contributed by atoms with Crippen molar-refractivity contribution < 1.29 is 24.2 Å². The Bertz CT molecular complexity index is 1220. The summed E-state index contributed by atoms with van der Waals surface area (Å²) in [6.45, 7) is 12.7. The van der Waals surface area contributed by atoms with E-state index in [1.807, 2.05) is 96.2 Å². The average molecular weight is 550 g/mol. The van der Waals surface area contributed by atoms with E-state index in [2.05, 4.69) is 0 Å². The summed E-state index contributed by atoms with van der Waals surface area (Å²) in [5, 5.41) is 10.5. The molecule has 0 radical (unpaired) electrons. The van der Waals surface area contributed by atoms with Gasteiger partial charge in [-0.25, -0.2) is 0 Å². The van der Waals surface area contributed by atoms with Gasteiger partial charge in [-0.2, -0.15) is 0 Å². The highest BCUT2D eigenvalue weighted by Crippen LogP contribution is 2.59. The molecule has 4 heterocycles. The van der Waals surface area contributed by atoms with Gasteiger partial charge < -0.3 is 24.5 Å². The second-order valence-electron chi connectivity index (χ2n) is 13.0. The highest BCUT2D eigenvalue weighted by Gasteiger charge is 2.76. The van der Waals surface area contributed by atoms with E-state index in [1.165, 1.54) is 0 Å². The van der Waals surface area contributed by atoms with E-state index in [9.17, 15) is 19.5 Å². The smallest absolute Gasteiger partial charge is 0.249 e. The first-order chi connectivity index (χ1) is 18.9. The summed E-state index contributed by atoms with van der Waals surface area (Å²) in [5.74, 6) is -2.45. The lowest BCUT2D eigenvalue weighted by molar-refractivity contribution is -0.160. The van der Waals surface area contributed by atoms with E-state index in [4.69, 9.17) is 4.74 Å². The maximum atomic E-state index is 14.6. The molecule has 1 N–H and O–H groups in total. The van der Waals surface area contributed by atoms with Gasteiger partial charge in [0.15, 0.2) is 0 Å². The van der Waals surface area contributed by atoms with E-state index < -0.39 is 40.7 Å². The van der Waals surface area contributed by atoms with Crippen molar-refractivity contribution in [3.05, 3.63) is 60.2 Å². The number of nitrogens with zero attached hydrogens (tertiary/aromatic N) is 3. The van der Waals surface area contributed by atoms with Gasteiger partial charge in [0.05, 0.1) is 30.1 Å². The van der Waals surface area contributed by atoms with Crippen molar-refractivity contribution in [1.29, 1.82) is 0 Å². The molecule has 216 valence electrons. The van der Waals surface area contributed by atoms with Crippen LogP contribution in [0.2, 0.25) is 0 Å². The SMILES string of the molecule is CC[C@]12C=CCN(Cc3ccccc3)C(=O)[C@H]1[C@H]1C(=O)N([C@@H](CO)C(C)C)C3C(=O)N(C(C)(C)C)CC=C[C@@]31O2. The lowest BCUT2D eigenvalue weighted by Crippen LogP contribution is -2.62. The third-order valence-corrected chi connectivity index (χ3v) is 9.30. The quantitative estimate of drug-likeness (QED) is 0.551. The lowest BCUT2D eigenvalue weighted by atomic mass is 9.73. The van der Waals surface area contributed by atoms with Crippen molar-refractivity contribution in [2.45, 2.75) is 83.3 Å². The zero-order valence-electron chi connectivity index (χ0n) is 24.5. The number of amides is 3. The molecular formula is C32H43N3O5. The maximum Gasteiger partial charge on any atom is 0.249 e. The molecule has 5 rings (SSSR count). The number of fused-ring (bicyclic) bond motifs is 2. The number of ether oxygens (including phenoxy) is 1. The van der Waals surface area contributed by atoms with Gasteiger partial charge in [0, 0.05) is 25.2 Å². The van der Waals surface area contributed by atoms with E-state index in [1.54, 1.807) is 14.7 Å². The van der Waals surface area contributed by atoms with Crippen molar-refractivity contribution in [3.8, 4) is 0 Å². The van der Waals surface area contributed by atoms with Crippen LogP contribution in [-0.2, 0) is 25.7 Å². The minimum absolute atomic E-state index is 0.108. The van der Waals surface area contributed by atoms with E-state index in [-0.39, 0.29) is 30.2 Å². The summed E-state index contributed by atoms with van der Waals surface area (Å²) in [4.78, 5) is 48.7. The Morgan fingerprint density at radius 2 is 1.65 bits per heavy atom. The van der Waals surface area contributed by atoms with Gasteiger partial charge in [-0.3, -0.25) is 14.4 Å². The highest BCUT2D eigenvalue weighted by atomic mass is 16.5. The molecule has 2 fully saturated rings. The zero-order chi connectivity index (χ0) is 29.0. The van der Waals surface area contributed by atoms with Gasteiger partial charge >= 0.3 is 0 Å². The summed E-state index contributed by atoms with van der Waals surface area (Å²) in [6, 6.07) is 8.24. The van der Waals surface area contributed by atoms with Crippen LogP contribution >= 0.6 is 0 Å². The van der Waals surface area contributed by atoms with Crippen molar-refractivity contribution in [2.24, 2.45) is 17.8 Å². The first-order valence-corrected chi connectivity index (χ1v) is 14.5. The standard InChI is InChI=1S/C32H43N3O5/c1-7-31-15-11-17-33(19-22-13-9-8-10-14-22)27(37)24(31)25-28(38)35(23(20-36)21(2)3)26-29(39)34(30(4,5)6)18-12-16-32(25,26)40-31/h8-16,21,23-26,36H,7,17-20H2,1-6H3/t23-,24+,25-,26?,31-,32-/m0/s1. The van der Waals surface area contributed by atoms with Gasteiger partial charge in [0.1, 0.15) is 11.6 Å². The number of benzene rings is 1. The van der Waals surface area contributed by atoms with Crippen LogP contribution in [-0.4, -0.2) is 86.0 Å². The molecule has 1 spiro atoms. The van der Waals surface area contributed by atoms with Crippen LogP contribution in [0.1, 0.15) is 53.5 Å².